The molecule has 0 aliphatic carbocycles. The second-order valence-corrected chi connectivity index (χ2v) is 4.41. The normalized spacial score (nSPS) is 18.7. The Bertz CT molecular complexity index is 445. The van der Waals surface area contributed by atoms with E-state index < -0.39 is 5.82 Å². The van der Waals surface area contributed by atoms with E-state index >= 15 is 0 Å². The predicted molar refractivity (Wildman–Crippen MR) is 66.3 cm³/mol. The molecule has 1 aliphatic rings. The van der Waals surface area contributed by atoms with Crippen molar-refractivity contribution in [2.75, 3.05) is 27.2 Å². The van der Waals surface area contributed by atoms with Crippen LogP contribution in [-0.4, -0.2) is 44.1 Å². The minimum atomic E-state index is -0.513. The van der Waals surface area contributed by atoms with Crippen LogP contribution in [-0.2, 0) is 0 Å². The maximum Gasteiger partial charge on any atom is 0.253 e. The lowest BCUT2D eigenvalue weighted by molar-refractivity contribution is 0.0743. The smallest absolute Gasteiger partial charge is 0.253 e. The van der Waals surface area contributed by atoms with Gasteiger partial charge in [0.15, 0.2) is 11.6 Å². The molecular weight excluding hydrogens is 235 g/mol. The van der Waals surface area contributed by atoms with Gasteiger partial charge in [0.25, 0.3) is 5.91 Å². The lowest BCUT2D eigenvalue weighted by Crippen LogP contribution is -2.38. The summed E-state index contributed by atoms with van der Waals surface area (Å²) in [6, 6.07) is 4.47. The van der Waals surface area contributed by atoms with E-state index in [0.29, 0.717) is 5.56 Å². The summed E-state index contributed by atoms with van der Waals surface area (Å²) in [6.45, 7) is 1.71. The summed E-state index contributed by atoms with van der Waals surface area (Å²) < 4.78 is 18.4. The van der Waals surface area contributed by atoms with Crippen molar-refractivity contribution in [2.45, 2.75) is 12.5 Å². The molecule has 0 radical (unpaired) electrons. The number of carbonyl (C=O) groups is 1. The number of hydrogen-bond acceptors (Lipinski definition) is 3. The number of rotatable bonds is 3. The van der Waals surface area contributed by atoms with Crippen LogP contribution in [0.3, 0.4) is 0 Å². The maximum atomic E-state index is 13.5. The molecule has 4 nitrogen and oxygen atoms in total. The topological polar surface area (TPSA) is 41.6 Å². The van der Waals surface area contributed by atoms with Crippen LogP contribution < -0.4 is 10.1 Å². The Morgan fingerprint density at radius 1 is 1.56 bits per heavy atom. The molecule has 1 saturated heterocycles. The van der Waals surface area contributed by atoms with E-state index in [9.17, 15) is 9.18 Å². The summed E-state index contributed by atoms with van der Waals surface area (Å²) in [7, 11) is 3.15. The van der Waals surface area contributed by atoms with Gasteiger partial charge < -0.3 is 15.0 Å². The van der Waals surface area contributed by atoms with Gasteiger partial charge in [0.2, 0.25) is 0 Å². The van der Waals surface area contributed by atoms with E-state index in [-0.39, 0.29) is 17.7 Å². The first-order chi connectivity index (χ1) is 8.63. The SMILES string of the molecule is COc1ccc(C(=O)N(C)C2CCNC2)cc1F. The summed E-state index contributed by atoms with van der Waals surface area (Å²) >= 11 is 0. The molecule has 5 heteroatoms. The molecule has 1 unspecified atom stereocenters. The summed E-state index contributed by atoms with van der Waals surface area (Å²) in [5.41, 5.74) is 0.350. The number of ether oxygens (including phenoxy) is 1. The first kappa shape index (κ1) is 12.8. The summed E-state index contributed by atoms with van der Waals surface area (Å²) in [5, 5.41) is 3.20. The third kappa shape index (κ3) is 2.46. The predicted octanol–water partition coefficient (Wildman–Crippen LogP) is 1.27. The fourth-order valence-corrected chi connectivity index (χ4v) is 2.14. The van der Waals surface area contributed by atoms with Crippen molar-refractivity contribution in [3.05, 3.63) is 29.6 Å². The number of methoxy groups -OCH3 is 1. The van der Waals surface area contributed by atoms with Crippen LogP contribution in [0, 0.1) is 5.82 Å². The van der Waals surface area contributed by atoms with Crippen LogP contribution >= 0.6 is 0 Å². The Labute approximate surface area is 106 Å². The molecule has 0 spiro atoms. The number of hydrogen-bond donors (Lipinski definition) is 1. The van der Waals surface area contributed by atoms with Gasteiger partial charge in [-0.25, -0.2) is 4.39 Å². The number of carbonyl (C=O) groups excluding carboxylic acids is 1. The molecule has 1 atom stereocenters. The average Bonchev–Trinajstić information content (AvgIpc) is 2.90. The van der Waals surface area contributed by atoms with E-state index in [2.05, 4.69) is 5.32 Å². The minimum absolute atomic E-state index is 0.150. The quantitative estimate of drug-likeness (QED) is 0.880. The van der Waals surface area contributed by atoms with Crippen LogP contribution in [0.25, 0.3) is 0 Å². The molecule has 0 saturated carbocycles. The highest BCUT2D eigenvalue weighted by Gasteiger charge is 2.24. The lowest BCUT2D eigenvalue weighted by atomic mass is 10.1. The summed E-state index contributed by atoms with van der Waals surface area (Å²) in [6.07, 6.45) is 0.931. The van der Waals surface area contributed by atoms with Crippen molar-refractivity contribution in [2.24, 2.45) is 0 Å². The molecule has 1 aromatic carbocycles. The average molecular weight is 252 g/mol. The van der Waals surface area contributed by atoms with Gasteiger partial charge in [0.05, 0.1) is 7.11 Å². The highest BCUT2D eigenvalue weighted by Crippen LogP contribution is 2.19. The lowest BCUT2D eigenvalue weighted by Gasteiger charge is -2.23. The monoisotopic (exact) mass is 252 g/mol. The number of benzene rings is 1. The van der Waals surface area contributed by atoms with Crippen molar-refractivity contribution >= 4 is 5.91 Å². The Balaban J connectivity index is 2.15. The Morgan fingerprint density at radius 3 is 2.89 bits per heavy atom. The van der Waals surface area contributed by atoms with Crippen LogP contribution in [0.4, 0.5) is 4.39 Å². The number of nitrogens with one attached hydrogen (secondary N) is 1. The first-order valence-corrected chi connectivity index (χ1v) is 5.95. The molecule has 1 aliphatic heterocycles. The van der Waals surface area contributed by atoms with Crippen molar-refractivity contribution in [3.63, 3.8) is 0 Å². The van der Waals surface area contributed by atoms with Crippen LogP contribution in [0.1, 0.15) is 16.8 Å². The van der Waals surface area contributed by atoms with Gasteiger partial charge in [-0.1, -0.05) is 0 Å². The molecule has 98 valence electrons. The maximum absolute atomic E-state index is 13.5. The van der Waals surface area contributed by atoms with Crippen molar-refractivity contribution in [1.29, 1.82) is 0 Å². The minimum Gasteiger partial charge on any atom is -0.494 e. The highest BCUT2D eigenvalue weighted by molar-refractivity contribution is 5.94. The summed E-state index contributed by atoms with van der Waals surface area (Å²) in [5.74, 6) is -0.525. The molecule has 0 aromatic heterocycles. The van der Waals surface area contributed by atoms with Gasteiger partial charge in [0, 0.05) is 25.2 Å². The third-order valence-corrected chi connectivity index (χ3v) is 3.30. The summed E-state index contributed by atoms with van der Waals surface area (Å²) in [4.78, 5) is 13.8. The Kier molecular flexibility index (Phi) is 3.81. The number of likely N-dealkylation sites (N-methyl/N-ethyl adjacent to an activating group) is 1. The van der Waals surface area contributed by atoms with E-state index in [1.54, 1.807) is 18.0 Å². The van der Waals surface area contributed by atoms with Crippen molar-refractivity contribution in [3.8, 4) is 5.75 Å². The van der Waals surface area contributed by atoms with Gasteiger partial charge >= 0.3 is 0 Å². The van der Waals surface area contributed by atoms with Crippen molar-refractivity contribution in [1.82, 2.24) is 10.2 Å². The Hall–Kier alpha value is -1.62. The van der Waals surface area contributed by atoms with Gasteiger partial charge in [-0.3, -0.25) is 4.79 Å². The number of nitrogens with zero attached hydrogens (tertiary/aromatic N) is 1. The number of halogens is 1. The Morgan fingerprint density at radius 2 is 2.33 bits per heavy atom. The van der Waals surface area contributed by atoms with E-state index in [1.165, 1.54) is 19.2 Å². The van der Waals surface area contributed by atoms with E-state index in [1.807, 2.05) is 0 Å². The fourth-order valence-electron chi connectivity index (χ4n) is 2.14. The van der Waals surface area contributed by atoms with Gasteiger partial charge in [-0.05, 0) is 31.2 Å². The zero-order chi connectivity index (χ0) is 13.1. The van der Waals surface area contributed by atoms with E-state index in [0.717, 1.165) is 19.5 Å². The molecule has 2 rings (SSSR count). The molecule has 1 heterocycles. The second-order valence-electron chi connectivity index (χ2n) is 4.41. The molecule has 1 aromatic rings. The number of amides is 1. The van der Waals surface area contributed by atoms with Crippen molar-refractivity contribution < 1.29 is 13.9 Å². The van der Waals surface area contributed by atoms with E-state index in [4.69, 9.17) is 4.74 Å². The first-order valence-electron chi connectivity index (χ1n) is 5.95. The molecule has 1 fully saturated rings. The van der Waals surface area contributed by atoms with Crippen LogP contribution in [0.15, 0.2) is 18.2 Å². The molecular formula is C13H17FN2O2. The van der Waals surface area contributed by atoms with Gasteiger partial charge in [-0.2, -0.15) is 0 Å². The fraction of sp³-hybridized carbons (Fsp3) is 0.462. The molecule has 1 N–H and O–H groups in total. The largest absolute Gasteiger partial charge is 0.494 e. The molecule has 1 amide bonds. The standard InChI is InChI=1S/C13H17FN2O2/c1-16(10-5-6-15-8-10)13(17)9-3-4-12(18-2)11(14)7-9/h3-4,7,10,15H,5-6,8H2,1-2H3. The van der Waals surface area contributed by atoms with Crippen LogP contribution in [0.5, 0.6) is 5.75 Å². The third-order valence-electron chi connectivity index (χ3n) is 3.30. The zero-order valence-electron chi connectivity index (χ0n) is 10.6. The molecule has 18 heavy (non-hydrogen) atoms. The second kappa shape index (κ2) is 5.35. The highest BCUT2D eigenvalue weighted by atomic mass is 19.1. The van der Waals surface area contributed by atoms with Gasteiger partial charge in [-0.15, -0.1) is 0 Å². The van der Waals surface area contributed by atoms with Crippen LogP contribution in [0.2, 0.25) is 0 Å². The molecule has 0 bridgehead atoms. The zero-order valence-corrected chi connectivity index (χ0v) is 10.6. The van der Waals surface area contributed by atoms with Gasteiger partial charge in [0.1, 0.15) is 0 Å².